The summed E-state index contributed by atoms with van der Waals surface area (Å²) >= 11 is 0. The molecule has 2 aromatic rings. The molecule has 0 fully saturated rings. The Morgan fingerprint density at radius 1 is 1.55 bits per heavy atom. The zero-order chi connectivity index (χ0) is 7.68. The van der Waals surface area contributed by atoms with E-state index in [-0.39, 0.29) is 6.61 Å². The summed E-state index contributed by atoms with van der Waals surface area (Å²) in [7, 11) is 0. The van der Waals surface area contributed by atoms with E-state index in [1.54, 1.807) is 12.5 Å². The second-order valence-corrected chi connectivity index (χ2v) is 2.36. The maximum atomic E-state index is 10.6. The number of rotatable bonds is 1. The Kier molecular flexibility index (Phi) is 1.36. The normalized spacial score (nSPS) is 10.6. The fourth-order valence-corrected chi connectivity index (χ4v) is 1.13. The molecule has 0 atom stereocenters. The molecule has 0 aromatic carbocycles. The summed E-state index contributed by atoms with van der Waals surface area (Å²) in [6, 6.07) is 3.67. The summed E-state index contributed by atoms with van der Waals surface area (Å²) in [5, 5.41) is 10.6. The number of imidazole rings is 1. The zero-order valence-corrected chi connectivity index (χ0v) is 5.90. The third kappa shape index (κ3) is 0.897. The van der Waals surface area contributed by atoms with Crippen molar-refractivity contribution in [1.29, 1.82) is 0 Å². The van der Waals surface area contributed by atoms with Crippen molar-refractivity contribution in [2.75, 3.05) is 0 Å². The van der Waals surface area contributed by atoms with Crippen LogP contribution < -0.4 is 0 Å². The van der Waals surface area contributed by atoms with Gasteiger partial charge in [0.05, 0.1) is 18.0 Å². The minimum Gasteiger partial charge on any atom is -0.306 e. The summed E-state index contributed by atoms with van der Waals surface area (Å²) < 4.78 is 1.84. The van der Waals surface area contributed by atoms with E-state index in [4.69, 9.17) is 0 Å². The van der Waals surface area contributed by atoms with Gasteiger partial charge in [-0.25, -0.2) is 10.1 Å². The van der Waals surface area contributed by atoms with E-state index in [0.717, 1.165) is 11.1 Å². The Bertz CT molecular complexity index is 367. The number of hydrogen-bond donors (Lipinski definition) is 0. The average Bonchev–Trinajstić information content (AvgIpc) is 2.50. The van der Waals surface area contributed by atoms with Gasteiger partial charge in [-0.3, -0.25) is 0 Å². The Morgan fingerprint density at radius 2 is 2.45 bits per heavy atom. The smallest absolute Gasteiger partial charge is 0.109 e. The SMILES string of the molecule is [O]Cc1cccn2cncc12. The molecule has 2 rings (SSSR count). The Morgan fingerprint density at radius 3 is 3.27 bits per heavy atom. The molecule has 0 amide bonds. The summed E-state index contributed by atoms with van der Waals surface area (Å²) in [5.74, 6) is 0. The van der Waals surface area contributed by atoms with Crippen LogP contribution in [0.5, 0.6) is 0 Å². The monoisotopic (exact) mass is 147 g/mol. The highest BCUT2D eigenvalue weighted by Gasteiger charge is 1.98. The minimum absolute atomic E-state index is 0.184. The third-order valence-corrected chi connectivity index (χ3v) is 1.69. The highest BCUT2D eigenvalue weighted by molar-refractivity contribution is 5.52. The van der Waals surface area contributed by atoms with E-state index in [0.29, 0.717) is 0 Å². The van der Waals surface area contributed by atoms with Crippen LogP contribution in [0.1, 0.15) is 5.56 Å². The first kappa shape index (κ1) is 6.37. The van der Waals surface area contributed by atoms with Gasteiger partial charge in [-0.05, 0) is 6.07 Å². The molecule has 0 aliphatic carbocycles. The molecule has 0 saturated carbocycles. The van der Waals surface area contributed by atoms with E-state index in [9.17, 15) is 5.11 Å². The molecule has 0 aliphatic rings. The number of aromatic nitrogens is 2. The molecule has 55 valence electrons. The molecule has 0 saturated heterocycles. The minimum atomic E-state index is -0.184. The third-order valence-electron chi connectivity index (χ3n) is 1.69. The second kappa shape index (κ2) is 2.36. The van der Waals surface area contributed by atoms with Gasteiger partial charge in [-0.1, -0.05) is 6.07 Å². The number of nitrogens with zero attached hydrogens (tertiary/aromatic N) is 2. The molecule has 0 N–H and O–H groups in total. The van der Waals surface area contributed by atoms with Crippen molar-refractivity contribution >= 4 is 5.52 Å². The van der Waals surface area contributed by atoms with Crippen LogP contribution in [0.15, 0.2) is 30.9 Å². The lowest BCUT2D eigenvalue weighted by atomic mass is 10.2. The fraction of sp³-hybridized carbons (Fsp3) is 0.125. The standard InChI is InChI=1S/C8H7N2O/c11-5-7-2-1-3-10-6-9-4-8(7)10/h1-4,6H,5H2. The lowest BCUT2D eigenvalue weighted by Crippen LogP contribution is -1.87. The van der Waals surface area contributed by atoms with Crippen LogP contribution in [0, 0.1) is 0 Å². The van der Waals surface area contributed by atoms with Crippen LogP contribution in [-0.4, -0.2) is 9.38 Å². The molecule has 11 heavy (non-hydrogen) atoms. The molecule has 0 aliphatic heterocycles. The van der Waals surface area contributed by atoms with Crippen molar-refractivity contribution in [3.8, 4) is 0 Å². The van der Waals surface area contributed by atoms with Gasteiger partial charge < -0.3 is 4.40 Å². The number of pyridine rings is 1. The Labute approximate surface area is 63.9 Å². The summed E-state index contributed by atoms with van der Waals surface area (Å²) in [4.78, 5) is 3.93. The van der Waals surface area contributed by atoms with Crippen molar-refractivity contribution in [2.24, 2.45) is 0 Å². The number of fused-ring (bicyclic) bond motifs is 1. The Hall–Kier alpha value is -1.35. The topological polar surface area (TPSA) is 37.2 Å². The second-order valence-electron chi connectivity index (χ2n) is 2.36. The van der Waals surface area contributed by atoms with Crippen LogP contribution in [0.2, 0.25) is 0 Å². The largest absolute Gasteiger partial charge is 0.306 e. The van der Waals surface area contributed by atoms with Crippen LogP contribution in [-0.2, 0) is 11.7 Å². The van der Waals surface area contributed by atoms with Gasteiger partial charge in [0.15, 0.2) is 0 Å². The van der Waals surface area contributed by atoms with Crippen LogP contribution in [0.25, 0.3) is 5.52 Å². The summed E-state index contributed by atoms with van der Waals surface area (Å²) in [6.45, 7) is -0.184. The maximum absolute atomic E-state index is 10.6. The first-order valence-electron chi connectivity index (χ1n) is 3.39. The lowest BCUT2D eigenvalue weighted by molar-refractivity contribution is 0.178. The summed E-state index contributed by atoms with van der Waals surface area (Å²) in [5.41, 5.74) is 1.70. The molecular weight excluding hydrogens is 140 g/mol. The first-order chi connectivity index (χ1) is 5.42. The van der Waals surface area contributed by atoms with Crippen molar-refractivity contribution in [2.45, 2.75) is 6.61 Å². The molecule has 2 aromatic heterocycles. The van der Waals surface area contributed by atoms with Crippen molar-refractivity contribution in [3.05, 3.63) is 36.4 Å². The summed E-state index contributed by atoms with van der Waals surface area (Å²) in [6.07, 6.45) is 5.27. The van der Waals surface area contributed by atoms with Gasteiger partial charge >= 0.3 is 0 Å². The maximum Gasteiger partial charge on any atom is 0.109 e. The molecule has 2 heterocycles. The molecule has 0 bridgehead atoms. The molecule has 0 spiro atoms. The van der Waals surface area contributed by atoms with Gasteiger partial charge in [0.1, 0.15) is 6.61 Å². The molecular formula is C8H7N2O. The predicted molar refractivity (Wildman–Crippen MR) is 39.6 cm³/mol. The quantitative estimate of drug-likeness (QED) is 0.598. The number of hydrogen-bond acceptors (Lipinski definition) is 1. The van der Waals surface area contributed by atoms with Crippen molar-refractivity contribution in [1.82, 2.24) is 9.38 Å². The van der Waals surface area contributed by atoms with Gasteiger partial charge in [0, 0.05) is 11.8 Å². The van der Waals surface area contributed by atoms with E-state index in [1.165, 1.54) is 0 Å². The highest BCUT2D eigenvalue weighted by Crippen LogP contribution is 2.08. The first-order valence-corrected chi connectivity index (χ1v) is 3.39. The molecule has 3 heteroatoms. The van der Waals surface area contributed by atoms with E-state index < -0.39 is 0 Å². The van der Waals surface area contributed by atoms with Gasteiger partial charge in [0.2, 0.25) is 0 Å². The predicted octanol–water partition coefficient (Wildman–Crippen LogP) is 1.26. The van der Waals surface area contributed by atoms with Crippen LogP contribution in [0.4, 0.5) is 0 Å². The lowest BCUT2D eigenvalue weighted by Gasteiger charge is -1.96. The van der Waals surface area contributed by atoms with Crippen molar-refractivity contribution < 1.29 is 5.11 Å². The van der Waals surface area contributed by atoms with E-state index in [2.05, 4.69) is 4.98 Å². The van der Waals surface area contributed by atoms with Gasteiger partial charge in [-0.2, -0.15) is 0 Å². The highest BCUT2D eigenvalue weighted by atomic mass is 16.3. The van der Waals surface area contributed by atoms with Crippen LogP contribution >= 0.6 is 0 Å². The van der Waals surface area contributed by atoms with Gasteiger partial charge in [-0.15, -0.1) is 0 Å². The van der Waals surface area contributed by atoms with Crippen molar-refractivity contribution in [3.63, 3.8) is 0 Å². The molecule has 1 radical (unpaired) electrons. The fourth-order valence-electron chi connectivity index (χ4n) is 1.13. The van der Waals surface area contributed by atoms with E-state index >= 15 is 0 Å². The average molecular weight is 147 g/mol. The molecule has 0 unspecified atom stereocenters. The molecule has 3 nitrogen and oxygen atoms in total. The van der Waals surface area contributed by atoms with E-state index in [1.807, 2.05) is 22.7 Å². The van der Waals surface area contributed by atoms with Gasteiger partial charge in [0.25, 0.3) is 0 Å². The van der Waals surface area contributed by atoms with Crippen LogP contribution in [0.3, 0.4) is 0 Å². The zero-order valence-electron chi connectivity index (χ0n) is 5.90. The Balaban J connectivity index is 2.79.